The molecule has 0 saturated carbocycles. The van der Waals surface area contributed by atoms with Gasteiger partial charge in [-0.2, -0.15) is 0 Å². The van der Waals surface area contributed by atoms with Crippen molar-refractivity contribution in [2.75, 3.05) is 0 Å². The Hall–Kier alpha value is -1.96. The van der Waals surface area contributed by atoms with Crippen molar-refractivity contribution < 1.29 is 0 Å². The summed E-state index contributed by atoms with van der Waals surface area (Å²) in [7, 11) is 0. The molecule has 2 radical (unpaired) electrons. The van der Waals surface area contributed by atoms with Gasteiger partial charge in [-0.05, 0) is 12.5 Å². The molecule has 15 heavy (non-hydrogen) atoms. The molecule has 0 N–H and O–H groups in total. The molecule has 0 spiro atoms. The molecule has 0 heterocycles. The van der Waals surface area contributed by atoms with Gasteiger partial charge < -0.3 is 6.42 Å². The van der Waals surface area contributed by atoms with Crippen molar-refractivity contribution in [1.82, 2.24) is 0 Å². The molecular weight excluding hydrogens is 180 g/mol. The summed E-state index contributed by atoms with van der Waals surface area (Å²) in [4.78, 5) is 0. The Labute approximate surface area is 91.6 Å². The van der Waals surface area contributed by atoms with Crippen molar-refractivity contribution >= 4 is 5.57 Å². The summed E-state index contributed by atoms with van der Waals surface area (Å²) in [5.74, 6) is 2.42. The predicted molar refractivity (Wildman–Crippen MR) is 62.1 cm³/mol. The quantitative estimate of drug-likeness (QED) is 0.290. The van der Waals surface area contributed by atoms with Crippen molar-refractivity contribution in [3.8, 4) is 5.92 Å². The van der Waals surface area contributed by atoms with Gasteiger partial charge in [-0.25, -0.2) is 0 Å². The maximum absolute atomic E-state index is 7.29. The molecule has 0 aliphatic heterocycles. The van der Waals surface area contributed by atoms with Crippen LogP contribution in [0.25, 0.3) is 5.57 Å². The zero-order chi connectivity index (χ0) is 11.3. The third-order valence-electron chi connectivity index (χ3n) is 2.31. The van der Waals surface area contributed by atoms with Crippen molar-refractivity contribution in [2.45, 2.75) is 13.8 Å². The second kappa shape index (κ2) is 5.05. The second-order valence-corrected chi connectivity index (χ2v) is 3.24. The van der Waals surface area contributed by atoms with Crippen LogP contribution >= 0.6 is 0 Å². The summed E-state index contributed by atoms with van der Waals surface area (Å²) in [5, 5.41) is 0. The van der Waals surface area contributed by atoms with E-state index >= 15 is 0 Å². The number of hydrogen-bond acceptors (Lipinski definition) is 0. The lowest BCUT2D eigenvalue weighted by Crippen LogP contribution is -1.87. The van der Waals surface area contributed by atoms with E-state index in [1.165, 1.54) is 0 Å². The minimum Gasteiger partial charge on any atom is -0.366 e. The van der Waals surface area contributed by atoms with Gasteiger partial charge in [-0.15, -0.1) is 16.9 Å². The van der Waals surface area contributed by atoms with E-state index in [-0.39, 0.29) is 0 Å². The lowest BCUT2D eigenvalue weighted by Gasteiger charge is -2.14. The van der Waals surface area contributed by atoms with Crippen LogP contribution in [0.2, 0.25) is 0 Å². The molecule has 0 bridgehead atoms. The van der Waals surface area contributed by atoms with Gasteiger partial charge in [0, 0.05) is 6.58 Å². The van der Waals surface area contributed by atoms with Gasteiger partial charge in [0.25, 0.3) is 0 Å². The first kappa shape index (κ1) is 11.1. The summed E-state index contributed by atoms with van der Waals surface area (Å²) in [6.07, 6.45) is 7.29. The number of hydrogen-bond donors (Lipinski definition) is 0. The van der Waals surface area contributed by atoms with E-state index < -0.39 is 0 Å². The minimum absolute atomic E-state index is 0.716. The highest BCUT2D eigenvalue weighted by molar-refractivity contribution is 5.82. The van der Waals surface area contributed by atoms with Crippen LogP contribution in [-0.4, -0.2) is 0 Å². The standard InChI is InChI=1S/C15H11/c1-5-12(3)13(4)15(6-2)14-10-8-7-9-11-14/h7-11H,3-4H3/q-1/b15-13+. The van der Waals surface area contributed by atoms with Gasteiger partial charge in [0.15, 0.2) is 0 Å². The first-order chi connectivity index (χ1) is 7.20. The average molecular weight is 191 g/mol. The van der Waals surface area contributed by atoms with Crippen molar-refractivity contribution in [1.29, 1.82) is 0 Å². The fourth-order valence-corrected chi connectivity index (χ4v) is 1.27. The van der Waals surface area contributed by atoms with Crippen LogP contribution in [0.15, 0.2) is 47.2 Å². The van der Waals surface area contributed by atoms with Crippen LogP contribution in [0, 0.1) is 18.9 Å². The number of rotatable bonds is 2. The first-order valence-electron chi connectivity index (χ1n) is 4.66. The van der Waals surface area contributed by atoms with E-state index in [1.807, 2.05) is 44.2 Å². The molecule has 1 aromatic carbocycles. The first-order valence-corrected chi connectivity index (χ1v) is 4.66. The monoisotopic (exact) mass is 191 g/mol. The number of allylic oxidation sites excluding steroid dienone is 3. The fourth-order valence-electron chi connectivity index (χ4n) is 1.27. The van der Waals surface area contributed by atoms with Crippen molar-refractivity contribution in [2.24, 2.45) is 0 Å². The molecule has 1 aromatic rings. The lowest BCUT2D eigenvalue weighted by molar-refractivity contribution is 1.36. The van der Waals surface area contributed by atoms with Crippen LogP contribution < -0.4 is 0 Å². The summed E-state index contributed by atoms with van der Waals surface area (Å²) in [6.45, 7) is 10.7. The maximum Gasteiger partial charge on any atom is 0.0493 e. The van der Waals surface area contributed by atoms with Crippen LogP contribution in [0.4, 0.5) is 0 Å². The van der Waals surface area contributed by atoms with Crippen molar-refractivity contribution in [3.63, 3.8) is 0 Å². The molecule has 72 valence electrons. The van der Waals surface area contributed by atoms with Gasteiger partial charge in [0.05, 0.1) is 0 Å². The molecule has 1 rings (SSSR count). The summed E-state index contributed by atoms with van der Waals surface area (Å²) in [5.41, 5.74) is 5.59. The minimum atomic E-state index is 0.716. The number of benzene rings is 1. The Kier molecular flexibility index (Phi) is 3.75. The highest BCUT2D eigenvalue weighted by Crippen LogP contribution is 2.21. The van der Waals surface area contributed by atoms with E-state index in [4.69, 9.17) is 13.0 Å². The predicted octanol–water partition coefficient (Wildman–Crippen LogP) is 3.46. The van der Waals surface area contributed by atoms with Crippen LogP contribution in [-0.2, 0) is 0 Å². The second-order valence-electron chi connectivity index (χ2n) is 3.24. The van der Waals surface area contributed by atoms with E-state index in [9.17, 15) is 0 Å². The van der Waals surface area contributed by atoms with Gasteiger partial charge in [0.2, 0.25) is 0 Å². The summed E-state index contributed by atoms with van der Waals surface area (Å²) < 4.78 is 0. The largest absolute Gasteiger partial charge is 0.366 e. The van der Waals surface area contributed by atoms with Crippen LogP contribution in [0.5, 0.6) is 0 Å². The molecular formula is C15H11-. The molecule has 0 aliphatic carbocycles. The van der Waals surface area contributed by atoms with Crippen molar-refractivity contribution in [3.05, 3.63) is 65.8 Å². The normalized spacial score (nSPS) is 11.0. The molecule has 0 atom stereocenters. The Morgan fingerprint density at radius 3 is 2.27 bits per heavy atom. The van der Waals surface area contributed by atoms with Gasteiger partial charge in [0.1, 0.15) is 0 Å². The third-order valence-corrected chi connectivity index (χ3v) is 2.31. The molecule has 0 nitrogen and oxygen atoms in total. The van der Waals surface area contributed by atoms with E-state index in [0.717, 1.165) is 16.7 Å². The molecule has 0 aliphatic rings. The lowest BCUT2D eigenvalue weighted by atomic mass is 9.97. The maximum atomic E-state index is 7.29. The van der Waals surface area contributed by atoms with E-state index in [1.54, 1.807) is 0 Å². The Balaban J connectivity index is 3.34. The van der Waals surface area contributed by atoms with E-state index in [0.29, 0.717) is 5.57 Å². The highest BCUT2D eigenvalue weighted by Gasteiger charge is 1.95. The van der Waals surface area contributed by atoms with Gasteiger partial charge in [-0.1, -0.05) is 42.8 Å². The Morgan fingerprint density at radius 2 is 1.80 bits per heavy atom. The summed E-state index contributed by atoms with van der Waals surface area (Å²) in [6, 6.07) is 9.63. The topological polar surface area (TPSA) is 0 Å². The zero-order valence-corrected chi connectivity index (χ0v) is 8.89. The SMILES string of the molecule is [C]=C=C(C)/C(C)=C(\C#[C-])c1ccccc1. The van der Waals surface area contributed by atoms with Crippen LogP contribution in [0.1, 0.15) is 19.4 Å². The van der Waals surface area contributed by atoms with Gasteiger partial charge in [-0.3, -0.25) is 5.92 Å². The average Bonchev–Trinajstić information content (AvgIpc) is 2.30. The highest BCUT2D eigenvalue weighted by atomic mass is 14.1. The van der Waals surface area contributed by atoms with Gasteiger partial charge >= 0.3 is 0 Å². The summed E-state index contributed by atoms with van der Waals surface area (Å²) >= 11 is 0. The molecule has 0 amide bonds. The molecule has 0 saturated heterocycles. The fraction of sp³-hybridized carbons (Fsp3) is 0.133. The van der Waals surface area contributed by atoms with Crippen LogP contribution in [0.3, 0.4) is 0 Å². The Morgan fingerprint density at radius 1 is 1.20 bits per heavy atom. The smallest absolute Gasteiger partial charge is 0.0493 e. The molecule has 0 heteroatoms. The Bertz CT molecular complexity index is 461. The molecule has 0 unspecified atom stereocenters. The molecule has 0 fully saturated rings. The van der Waals surface area contributed by atoms with E-state index in [2.05, 4.69) is 11.7 Å². The third kappa shape index (κ3) is 2.50. The molecule has 0 aromatic heterocycles. The zero-order valence-electron chi connectivity index (χ0n) is 8.89.